The average molecular weight is 609 g/mol. The van der Waals surface area contributed by atoms with E-state index in [2.05, 4.69) is 39.1 Å². The number of ether oxygens (including phenoxy) is 2. The Kier molecular flexibility index (Phi) is 10.5. The summed E-state index contributed by atoms with van der Waals surface area (Å²) in [6, 6.07) is 32.5. The number of carbonyl (C=O) groups is 1. The van der Waals surface area contributed by atoms with E-state index in [0.29, 0.717) is 48.0 Å². The Morgan fingerprint density at radius 2 is 1.73 bits per heavy atom. The van der Waals surface area contributed by atoms with E-state index in [0.717, 1.165) is 15.4 Å². The SMILES string of the molecule is [N-]=[N+]=Nc1ccccc1C[C@@]1(C(=O)NNCc2ccccc2Sc2ccccc2)COC(c2ccc(OCCCO)cc2)=N1. The molecule has 1 aliphatic rings. The second kappa shape index (κ2) is 15.1. The van der Waals surface area contributed by atoms with Crippen molar-refractivity contribution in [3.05, 3.63) is 130 Å². The lowest BCUT2D eigenvalue weighted by Gasteiger charge is -2.24. The zero-order valence-electron chi connectivity index (χ0n) is 23.9. The van der Waals surface area contributed by atoms with Crippen molar-refractivity contribution in [2.75, 3.05) is 19.8 Å². The second-order valence-corrected chi connectivity index (χ2v) is 11.1. The van der Waals surface area contributed by atoms with Crippen LogP contribution in [0, 0.1) is 0 Å². The fourth-order valence-corrected chi connectivity index (χ4v) is 5.62. The van der Waals surface area contributed by atoms with Gasteiger partial charge in [0.15, 0.2) is 5.54 Å². The summed E-state index contributed by atoms with van der Waals surface area (Å²) >= 11 is 1.66. The van der Waals surface area contributed by atoms with Gasteiger partial charge < -0.3 is 14.6 Å². The largest absolute Gasteiger partial charge is 0.494 e. The minimum absolute atomic E-state index is 0.00432. The van der Waals surface area contributed by atoms with E-state index in [9.17, 15) is 4.79 Å². The van der Waals surface area contributed by atoms with Crippen LogP contribution >= 0.6 is 11.8 Å². The highest BCUT2D eigenvalue weighted by atomic mass is 32.2. The van der Waals surface area contributed by atoms with Gasteiger partial charge in [-0.2, -0.15) is 0 Å². The maximum absolute atomic E-state index is 13.9. The molecular formula is C33H32N6O4S. The summed E-state index contributed by atoms with van der Waals surface area (Å²) in [6.45, 7) is 0.852. The molecule has 3 N–H and O–H groups in total. The number of benzene rings is 4. The van der Waals surface area contributed by atoms with Crippen LogP contribution in [0.15, 0.2) is 123 Å². The van der Waals surface area contributed by atoms with Crippen molar-refractivity contribution < 1.29 is 19.4 Å². The van der Waals surface area contributed by atoms with Crippen LogP contribution in [0.25, 0.3) is 10.4 Å². The summed E-state index contributed by atoms with van der Waals surface area (Å²) in [5, 5.41) is 12.8. The molecule has 1 amide bonds. The van der Waals surface area contributed by atoms with Gasteiger partial charge in [0, 0.05) is 51.9 Å². The van der Waals surface area contributed by atoms with Crippen LogP contribution in [0.4, 0.5) is 5.69 Å². The number of aliphatic hydroxyl groups is 1. The monoisotopic (exact) mass is 608 g/mol. The summed E-state index contributed by atoms with van der Waals surface area (Å²) in [6.07, 6.45) is 0.694. The third-order valence-electron chi connectivity index (χ3n) is 6.91. The number of rotatable bonds is 14. The minimum Gasteiger partial charge on any atom is -0.494 e. The quantitative estimate of drug-likeness (QED) is 0.0518. The molecule has 224 valence electrons. The molecule has 5 rings (SSSR count). The van der Waals surface area contributed by atoms with E-state index in [-0.39, 0.29) is 25.5 Å². The van der Waals surface area contributed by atoms with Gasteiger partial charge in [-0.15, -0.1) is 0 Å². The fourth-order valence-electron chi connectivity index (χ4n) is 4.65. The molecule has 0 aliphatic carbocycles. The molecule has 4 aromatic carbocycles. The molecule has 44 heavy (non-hydrogen) atoms. The molecule has 0 spiro atoms. The highest BCUT2D eigenvalue weighted by Gasteiger charge is 2.45. The number of amides is 1. The fraction of sp³-hybridized carbons (Fsp3) is 0.212. The lowest BCUT2D eigenvalue weighted by molar-refractivity contribution is -0.127. The van der Waals surface area contributed by atoms with Crippen molar-refractivity contribution in [1.82, 2.24) is 10.9 Å². The number of nitrogens with zero attached hydrogens (tertiary/aromatic N) is 4. The maximum atomic E-state index is 13.9. The van der Waals surface area contributed by atoms with Gasteiger partial charge in [-0.25, -0.2) is 10.4 Å². The van der Waals surface area contributed by atoms with Crippen molar-refractivity contribution in [2.24, 2.45) is 10.1 Å². The molecule has 10 nitrogen and oxygen atoms in total. The first-order valence-corrected chi connectivity index (χ1v) is 15.0. The zero-order chi connectivity index (χ0) is 30.6. The lowest BCUT2D eigenvalue weighted by atomic mass is 9.91. The van der Waals surface area contributed by atoms with Crippen LogP contribution in [0.2, 0.25) is 0 Å². The molecule has 4 aromatic rings. The predicted octanol–water partition coefficient (Wildman–Crippen LogP) is 6.12. The first-order chi connectivity index (χ1) is 21.6. The Hall–Kier alpha value is -4.80. The van der Waals surface area contributed by atoms with Crippen molar-refractivity contribution in [3.63, 3.8) is 0 Å². The number of azide groups is 1. The van der Waals surface area contributed by atoms with Crippen molar-refractivity contribution in [3.8, 4) is 5.75 Å². The van der Waals surface area contributed by atoms with Gasteiger partial charge in [0.1, 0.15) is 12.4 Å². The summed E-state index contributed by atoms with van der Waals surface area (Å²) in [5.41, 5.74) is 16.5. The number of aliphatic imine (C=N–C) groups is 1. The van der Waals surface area contributed by atoms with Crippen LogP contribution in [0.5, 0.6) is 5.75 Å². The molecule has 0 saturated carbocycles. The van der Waals surface area contributed by atoms with Crippen LogP contribution in [0.1, 0.15) is 23.1 Å². The van der Waals surface area contributed by atoms with Crippen LogP contribution in [0.3, 0.4) is 0 Å². The first kappa shape index (κ1) is 30.7. The van der Waals surface area contributed by atoms with Gasteiger partial charge in [-0.05, 0) is 59.1 Å². The third kappa shape index (κ3) is 7.77. The van der Waals surface area contributed by atoms with Gasteiger partial charge >= 0.3 is 0 Å². The van der Waals surface area contributed by atoms with Gasteiger partial charge in [-0.3, -0.25) is 10.2 Å². The molecule has 0 aromatic heterocycles. The molecule has 1 aliphatic heterocycles. The van der Waals surface area contributed by atoms with Crippen molar-refractivity contribution >= 4 is 29.3 Å². The summed E-state index contributed by atoms with van der Waals surface area (Å²) in [4.78, 5) is 23.8. The molecule has 0 fully saturated rings. The third-order valence-corrected chi connectivity index (χ3v) is 8.04. The zero-order valence-corrected chi connectivity index (χ0v) is 24.7. The molecule has 1 heterocycles. The van der Waals surface area contributed by atoms with Crippen LogP contribution < -0.4 is 15.6 Å². The number of hydrazine groups is 1. The molecule has 0 saturated heterocycles. The molecule has 0 unspecified atom stereocenters. The summed E-state index contributed by atoms with van der Waals surface area (Å²) in [7, 11) is 0. The summed E-state index contributed by atoms with van der Waals surface area (Å²) < 4.78 is 11.6. The van der Waals surface area contributed by atoms with Crippen molar-refractivity contribution in [2.45, 2.75) is 34.7 Å². The lowest BCUT2D eigenvalue weighted by Crippen LogP contribution is -2.52. The maximum Gasteiger partial charge on any atom is 0.266 e. The topological polar surface area (TPSA) is 141 Å². The normalized spacial score (nSPS) is 15.5. The van der Waals surface area contributed by atoms with Gasteiger partial charge in [0.05, 0.1) is 6.61 Å². The van der Waals surface area contributed by atoms with Gasteiger partial charge in [-0.1, -0.05) is 77.5 Å². The van der Waals surface area contributed by atoms with Crippen LogP contribution in [-0.4, -0.2) is 42.3 Å². The van der Waals surface area contributed by atoms with E-state index < -0.39 is 5.54 Å². The number of nitrogens with one attached hydrogen (secondary N) is 2. The van der Waals surface area contributed by atoms with Crippen molar-refractivity contribution in [1.29, 1.82) is 0 Å². The highest BCUT2D eigenvalue weighted by molar-refractivity contribution is 7.99. The van der Waals surface area contributed by atoms with E-state index in [1.165, 1.54) is 0 Å². The number of hydrogen-bond acceptors (Lipinski definition) is 8. The Bertz CT molecular complexity index is 1640. The number of aliphatic hydroxyl groups excluding tert-OH is 1. The first-order valence-electron chi connectivity index (χ1n) is 14.1. The molecule has 0 bridgehead atoms. The van der Waals surface area contributed by atoms with E-state index in [1.807, 2.05) is 60.7 Å². The second-order valence-electron chi connectivity index (χ2n) is 10.0. The standard InChI is InChI=1S/C33H32N6O4S/c34-39-37-29-13-6-4-9-25(29)21-33(23-43-31(36-33)24-15-17-27(18-16-24)42-20-8-19-40)32(41)38-35-22-26-10-5-7-14-30(26)44-28-11-2-1-3-12-28/h1-7,9-18,35,40H,8,19-23H2,(H,38,41)/t33-/m0/s1. The average Bonchev–Trinajstić information content (AvgIpc) is 3.49. The number of hydrogen-bond donors (Lipinski definition) is 3. The van der Waals surface area contributed by atoms with E-state index >= 15 is 0 Å². The van der Waals surface area contributed by atoms with Crippen LogP contribution in [-0.2, 0) is 22.5 Å². The summed E-state index contributed by atoms with van der Waals surface area (Å²) in [5.74, 6) is 0.608. The Morgan fingerprint density at radius 3 is 2.50 bits per heavy atom. The van der Waals surface area contributed by atoms with Gasteiger partial charge in [0.2, 0.25) is 5.90 Å². The number of carbonyl (C=O) groups excluding carboxylic acids is 1. The Morgan fingerprint density at radius 1 is 1.00 bits per heavy atom. The van der Waals surface area contributed by atoms with E-state index in [1.54, 1.807) is 36.0 Å². The molecule has 1 atom stereocenters. The van der Waals surface area contributed by atoms with Gasteiger partial charge in [0.25, 0.3) is 5.91 Å². The Labute approximate surface area is 259 Å². The molecule has 0 radical (unpaired) electrons. The minimum atomic E-state index is -1.32. The highest BCUT2D eigenvalue weighted by Crippen LogP contribution is 2.32. The predicted molar refractivity (Wildman–Crippen MR) is 170 cm³/mol. The molecular weight excluding hydrogens is 576 g/mol. The molecule has 11 heteroatoms. The smallest absolute Gasteiger partial charge is 0.266 e. The van der Waals surface area contributed by atoms with E-state index in [4.69, 9.17) is 25.1 Å². The Balaban J connectivity index is 1.35.